The maximum Gasteiger partial charge on any atom is 0.148 e. The van der Waals surface area contributed by atoms with Crippen LogP contribution in [-0.4, -0.2) is 29.0 Å². The summed E-state index contributed by atoms with van der Waals surface area (Å²) in [5.74, 6) is 0. The molecule has 0 atom stereocenters. The fourth-order valence-electron chi connectivity index (χ4n) is 6.04. The van der Waals surface area contributed by atoms with Crippen molar-refractivity contribution in [3.8, 4) is 16.9 Å². The fraction of sp³-hybridized carbons (Fsp3) is 0.0882. The molecule has 6 heteroatoms. The van der Waals surface area contributed by atoms with Crippen LogP contribution < -0.4 is 0 Å². The third-order valence-electron chi connectivity index (χ3n) is 7.72. The second kappa shape index (κ2) is 8.21. The van der Waals surface area contributed by atoms with Gasteiger partial charge in [-0.25, -0.2) is 9.97 Å². The van der Waals surface area contributed by atoms with E-state index in [0.29, 0.717) is 5.69 Å². The van der Waals surface area contributed by atoms with Crippen LogP contribution in [0.15, 0.2) is 109 Å². The van der Waals surface area contributed by atoms with Crippen LogP contribution in [0.2, 0.25) is 0 Å². The van der Waals surface area contributed by atoms with Crippen LogP contribution in [0.1, 0.15) is 19.5 Å². The molecule has 0 aliphatic rings. The van der Waals surface area contributed by atoms with Crippen LogP contribution in [0.4, 0.5) is 0 Å². The lowest BCUT2D eigenvalue weighted by atomic mass is 9.98. The molecule has 0 spiro atoms. The first-order valence-electron chi connectivity index (χ1n) is 13.4. The van der Waals surface area contributed by atoms with Crippen LogP contribution in [-0.2, 0) is 5.60 Å². The maximum absolute atomic E-state index is 11.4. The molecule has 0 aliphatic heterocycles. The lowest BCUT2D eigenvalue weighted by Gasteiger charge is -2.17. The van der Waals surface area contributed by atoms with Crippen molar-refractivity contribution < 1.29 is 5.11 Å². The molecule has 5 heterocycles. The maximum atomic E-state index is 11.4. The van der Waals surface area contributed by atoms with Gasteiger partial charge in [0.1, 0.15) is 16.9 Å². The number of pyridine rings is 3. The first kappa shape index (κ1) is 22.9. The Labute approximate surface area is 229 Å². The predicted molar refractivity (Wildman–Crippen MR) is 161 cm³/mol. The average molecular weight is 520 g/mol. The van der Waals surface area contributed by atoms with Crippen molar-refractivity contribution in [2.24, 2.45) is 0 Å². The minimum atomic E-state index is -1.19. The molecule has 0 bridgehead atoms. The Hall–Kier alpha value is -5.07. The Morgan fingerprint density at radius 1 is 0.650 bits per heavy atom. The summed E-state index contributed by atoms with van der Waals surface area (Å²) in [5, 5.41) is 15.6. The molecule has 8 rings (SSSR count). The standard InChI is InChI=1S/C34H25N5O/c1-34(2,40)31-30(39-32-24(13-9-19-36-32)29-25(33(39)37-31)14-8-18-35-29)21-16-17-28-26(20-21)23-12-6-7-15-27(23)38(28)22-10-4-3-5-11-22/h3-20,40H,1-2H3. The van der Waals surface area contributed by atoms with Crippen molar-refractivity contribution in [3.05, 3.63) is 115 Å². The number of imidazole rings is 1. The SMILES string of the molecule is CC(C)(O)c1nc2c3cccnc3c3cccnc3n2c1-c1ccc2c(c1)c1ccccc1n2-c1ccccc1. The van der Waals surface area contributed by atoms with Crippen molar-refractivity contribution in [3.63, 3.8) is 0 Å². The van der Waals surface area contributed by atoms with Crippen LogP contribution in [0, 0.1) is 0 Å². The minimum absolute atomic E-state index is 0.599. The lowest BCUT2D eigenvalue weighted by molar-refractivity contribution is 0.0751. The molecular formula is C34H25N5O. The highest BCUT2D eigenvalue weighted by Gasteiger charge is 2.29. The number of benzene rings is 3. The zero-order valence-corrected chi connectivity index (χ0v) is 22.1. The molecule has 3 aromatic carbocycles. The molecule has 0 saturated carbocycles. The Balaban J connectivity index is 1.53. The zero-order valence-electron chi connectivity index (χ0n) is 22.1. The van der Waals surface area contributed by atoms with E-state index in [1.807, 2.05) is 30.3 Å². The Bertz CT molecular complexity index is 2250. The number of aliphatic hydroxyl groups is 1. The molecule has 0 unspecified atom stereocenters. The van der Waals surface area contributed by atoms with Gasteiger partial charge in [-0.3, -0.25) is 9.38 Å². The Morgan fingerprint density at radius 3 is 2.12 bits per heavy atom. The van der Waals surface area contributed by atoms with Crippen molar-refractivity contribution in [1.29, 1.82) is 0 Å². The first-order chi connectivity index (χ1) is 19.5. The predicted octanol–water partition coefficient (Wildman–Crippen LogP) is 7.42. The molecule has 0 fully saturated rings. The highest BCUT2D eigenvalue weighted by molar-refractivity contribution is 6.12. The van der Waals surface area contributed by atoms with Crippen LogP contribution in [0.25, 0.3) is 66.3 Å². The quantitative estimate of drug-likeness (QED) is 0.247. The second-order valence-electron chi connectivity index (χ2n) is 10.7. The van der Waals surface area contributed by atoms with Crippen molar-refractivity contribution in [2.45, 2.75) is 19.4 Å². The summed E-state index contributed by atoms with van der Waals surface area (Å²) in [7, 11) is 0. The molecule has 192 valence electrons. The molecule has 0 amide bonds. The molecule has 1 N–H and O–H groups in total. The van der Waals surface area contributed by atoms with Crippen molar-refractivity contribution >= 4 is 49.4 Å². The molecular weight excluding hydrogens is 494 g/mol. The van der Waals surface area contributed by atoms with Gasteiger partial charge in [0.2, 0.25) is 0 Å². The molecule has 5 aromatic heterocycles. The number of hydrogen-bond acceptors (Lipinski definition) is 4. The summed E-state index contributed by atoms with van der Waals surface area (Å²) >= 11 is 0. The second-order valence-corrected chi connectivity index (χ2v) is 10.7. The molecule has 0 aliphatic carbocycles. The van der Waals surface area contributed by atoms with Crippen molar-refractivity contribution in [2.75, 3.05) is 0 Å². The van der Waals surface area contributed by atoms with E-state index >= 15 is 0 Å². The molecule has 0 radical (unpaired) electrons. The normalized spacial score (nSPS) is 12.4. The highest BCUT2D eigenvalue weighted by Crippen LogP contribution is 2.40. The number of nitrogens with zero attached hydrogens (tertiary/aromatic N) is 5. The number of para-hydroxylation sites is 2. The third kappa shape index (κ3) is 3.17. The topological polar surface area (TPSA) is 68.2 Å². The van der Waals surface area contributed by atoms with E-state index in [-0.39, 0.29) is 0 Å². The van der Waals surface area contributed by atoms with E-state index < -0.39 is 5.60 Å². The van der Waals surface area contributed by atoms with Gasteiger partial charge in [-0.05, 0) is 68.4 Å². The monoisotopic (exact) mass is 519 g/mol. The van der Waals surface area contributed by atoms with E-state index in [4.69, 9.17) is 9.97 Å². The van der Waals surface area contributed by atoms with Gasteiger partial charge in [0.25, 0.3) is 0 Å². The molecule has 0 saturated heterocycles. The van der Waals surface area contributed by atoms with Crippen molar-refractivity contribution in [1.82, 2.24) is 23.9 Å². The summed E-state index contributed by atoms with van der Waals surface area (Å²) < 4.78 is 4.39. The van der Waals surface area contributed by atoms with Crippen LogP contribution >= 0.6 is 0 Å². The first-order valence-corrected chi connectivity index (χ1v) is 13.4. The lowest BCUT2D eigenvalue weighted by Crippen LogP contribution is -2.17. The number of hydrogen-bond donors (Lipinski definition) is 1. The third-order valence-corrected chi connectivity index (χ3v) is 7.72. The highest BCUT2D eigenvalue weighted by atomic mass is 16.3. The fourth-order valence-corrected chi connectivity index (χ4v) is 6.04. The largest absolute Gasteiger partial charge is 0.384 e. The summed E-state index contributed by atoms with van der Waals surface area (Å²) in [4.78, 5) is 14.5. The molecule has 40 heavy (non-hydrogen) atoms. The van der Waals surface area contributed by atoms with Gasteiger partial charge in [-0.2, -0.15) is 0 Å². The smallest absolute Gasteiger partial charge is 0.148 e. The van der Waals surface area contributed by atoms with E-state index in [1.54, 1.807) is 26.2 Å². The minimum Gasteiger partial charge on any atom is -0.384 e. The van der Waals surface area contributed by atoms with E-state index in [2.05, 4.69) is 80.7 Å². The molecule has 6 nitrogen and oxygen atoms in total. The van der Waals surface area contributed by atoms with Gasteiger partial charge < -0.3 is 9.67 Å². The zero-order chi connectivity index (χ0) is 27.0. The Kier molecular flexibility index (Phi) is 4.70. The number of fused-ring (bicyclic) bond motifs is 9. The van der Waals surface area contributed by atoms with Gasteiger partial charge in [0, 0.05) is 45.2 Å². The van der Waals surface area contributed by atoms with E-state index in [1.165, 1.54) is 5.39 Å². The molecule has 8 aromatic rings. The number of aromatic nitrogens is 5. The van der Waals surface area contributed by atoms with E-state index in [9.17, 15) is 5.11 Å². The summed E-state index contributed by atoms with van der Waals surface area (Å²) in [6.07, 6.45) is 3.59. The number of rotatable bonds is 3. The van der Waals surface area contributed by atoms with Gasteiger partial charge in [-0.1, -0.05) is 42.5 Å². The van der Waals surface area contributed by atoms with Gasteiger partial charge >= 0.3 is 0 Å². The van der Waals surface area contributed by atoms with Gasteiger partial charge in [-0.15, -0.1) is 0 Å². The van der Waals surface area contributed by atoms with Crippen LogP contribution in [0.5, 0.6) is 0 Å². The van der Waals surface area contributed by atoms with Gasteiger partial charge in [0.15, 0.2) is 0 Å². The average Bonchev–Trinajstić information content (AvgIpc) is 3.55. The van der Waals surface area contributed by atoms with Crippen LogP contribution in [0.3, 0.4) is 0 Å². The van der Waals surface area contributed by atoms with E-state index in [0.717, 1.165) is 60.9 Å². The summed E-state index contributed by atoms with van der Waals surface area (Å²) in [6, 6.07) is 33.4. The van der Waals surface area contributed by atoms with Gasteiger partial charge in [0.05, 0.1) is 27.9 Å². The Morgan fingerprint density at radius 2 is 1.32 bits per heavy atom. The summed E-state index contributed by atoms with van der Waals surface area (Å²) in [5.41, 5.74) is 6.91. The summed E-state index contributed by atoms with van der Waals surface area (Å²) in [6.45, 7) is 3.57.